The average molecular weight is 541 g/mol. The number of hydrogen-bond acceptors (Lipinski definition) is 5. The van der Waals surface area contributed by atoms with E-state index in [9.17, 15) is 37.5 Å². The average Bonchev–Trinajstić information content (AvgIpc) is 3.48. The number of alkyl halides is 3. The highest BCUT2D eigenvalue weighted by Crippen LogP contribution is 2.34. The van der Waals surface area contributed by atoms with Crippen molar-refractivity contribution in [3.63, 3.8) is 0 Å². The molecule has 0 bridgehead atoms. The van der Waals surface area contributed by atoms with Gasteiger partial charge in [-0.05, 0) is 31.1 Å². The van der Waals surface area contributed by atoms with Gasteiger partial charge in [0.25, 0.3) is 0 Å². The highest BCUT2D eigenvalue weighted by molar-refractivity contribution is 5.92. The molecule has 218 valence electrons. The normalized spacial score (nSPS) is 18.1. The smallest absolute Gasteiger partial charge is 0.381 e. The zero-order valence-electron chi connectivity index (χ0n) is 23.3. The van der Waals surface area contributed by atoms with E-state index in [4.69, 9.17) is 5.73 Å². The van der Waals surface area contributed by atoms with Gasteiger partial charge in [0, 0.05) is 6.54 Å². The molecule has 1 saturated carbocycles. The van der Waals surface area contributed by atoms with Gasteiger partial charge in [0.1, 0.15) is 6.04 Å². The van der Waals surface area contributed by atoms with Crippen LogP contribution in [0.4, 0.5) is 13.2 Å². The maximum atomic E-state index is 12.6. The summed E-state index contributed by atoms with van der Waals surface area (Å²) in [6, 6.07) is -1.86. The lowest BCUT2D eigenvalue weighted by Gasteiger charge is -2.28. The number of primary amides is 1. The van der Waals surface area contributed by atoms with Gasteiger partial charge in [-0.25, -0.2) is 0 Å². The Labute approximate surface area is 219 Å². The van der Waals surface area contributed by atoms with E-state index in [1.165, 1.54) is 11.7 Å². The SMILES string of the molecule is CC.CC(C)C.CCC.NC(=O)C(O)C(CC1CC1)NC(=O)C1CCCN1C(=O)CNC(=O)C(F)(F)F. The maximum absolute atomic E-state index is 12.6. The second kappa shape index (κ2) is 18.8. The summed E-state index contributed by atoms with van der Waals surface area (Å²) in [6.45, 7) is 14.0. The van der Waals surface area contributed by atoms with Crippen molar-refractivity contribution in [1.29, 1.82) is 0 Å². The van der Waals surface area contributed by atoms with Crippen molar-refractivity contribution >= 4 is 23.6 Å². The summed E-state index contributed by atoms with van der Waals surface area (Å²) >= 11 is 0. The van der Waals surface area contributed by atoms with Crippen LogP contribution in [-0.2, 0) is 19.2 Å². The summed E-state index contributed by atoms with van der Waals surface area (Å²) in [5.74, 6) is -3.59. The Hall–Kier alpha value is -2.37. The molecule has 9 nitrogen and oxygen atoms in total. The summed E-state index contributed by atoms with van der Waals surface area (Å²) < 4.78 is 36.6. The third-order valence-corrected chi connectivity index (χ3v) is 4.82. The summed E-state index contributed by atoms with van der Waals surface area (Å²) in [5, 5.41) is 13.9. The lowest BCUT2D eigenvalue weighted by Crippen LogP contribution is -2.55. The Kier molecular flexibility index (Phi) is 18.7. The first kappa shape index (κ1) is 36.8. The van der Waals surface area contributed by atoms with Crippen LogP contribution >= 0.6 is 0 Å². The van der Waals surface area contributed by atoms with Crippen LogP contribution in [0.1, 0.15) is 87.0 Å². The van der Waals surface area contributed by atoms with Gasteiger partial charge in [0.15, 0.2) is 6.10 Å². The number of nitrogens with zero attached hydrogens (tertiary/aromatic N) is 1. The Bertz CT molecular complexity index is 698. The molecule has 4 amide bonds. The van der Waals surface area contributed by atoms with Gasteiger partial charge in [-0.15, -0.1) is 0 Å². The molecule has 0 aromatic heterocycles. The molecule has 2 rings (SSSR count). The van der Waals surface area contributed by atoms with Crippen LogP contribution in [-0.4, -0.2) is 71.1 Å². The number of nitrogens with two attached hydrogens (primary N) is 1. The number of aliphatic hydroxyl groups is 1. The van der Waals surface area contributed by atoms with E-state index in [0.29, 0.717) is 12.8 Å². The fourth-order valence-corrected chi connectivity index (χ4v) is 3.15. The predicted molar refractivity (Wildman–Crippen MR) is 136 cm³/mol. The van der Waals surface area contributed by atoms with Crippen LogP contribution in [0.25, 0.3) is 0 Å². The van der Waals surface area contributed by atoms with Crippen molar-refractivity contribution in [1.82, 2.24) is 15.5 Å². The number of amides is 4. The van der Waals surface area contributed by atoms with Crippen molar-refractivity contribution in [3.8, 4) is 0 Å². The number of carbonyl (C=O) groups excluding carboxylic acids is 4. The van der Waals surface area contributed by atoms with Gasteiger partial charge < -0.3 is 26.4 Å². The van der Waals surface area contributed by atoms with Gasteiger partial charge in [0.2, 0.25) is 17.7 Å². The highest BCUT2D eigenvalue weighted by atomic mass is 19.4. The molecule has 12 heteroatoms. The lowest BCUT2D eigenvalue weighted by atomic mass is 10.0. The topological polar surface area (TPSA) is 142 Å². The van der Waals surface area contributed by atoms with E-state index in [0.717, 1.165) is 23.7 Å². The van der Waals surface area contributed by atoms with Gasteiger partial charge in [0.05, 0.1) is 12.6 Å². The fraction of sp³-hybridized carbons (Fsp3) is 0.840. The second-order valence-corrected chi connectivity index (χ2v) is 9.51. The number of nitrogens with one attached hydrogen (secondary N) is 2. The standard InChI is InChI=1S/C16H23F3N4O5.C4H10.C3H8.C2H6/c17-16(18,19)15(28)21-7-11(24)23-5-1-2-10(23)14(27)22-9(6-8-3-4-8)12(25)13(20)26;1-4(2)3;1-3-2;1-2/h8-10,12,25H,1-7H2,(H2,20,26)(H,21,28)(H,22,27);4H,1-3H3;3H2,1-2H3;1-2H3. The molecule has 1 aliphatic heterocycles. The van der Waals surface area contributed by atoms with Crippen LogP contribution in [0, 0.1) is 11.8 Å². The van der Waals surface area contributed by atoms with Crippen molar-refractivity contribution in [2.24, 2.45) is 17.6 Å². The molecule has 1 aliphatic carbocycles. The third kappa shape index (κ3) is 16.2. The summed E-state index contributed by atoms with van der Waals surface area (Å²) in [6.07, 6.45) is -2.55. The summed E-state index contributed by atoms with van der Waals surface area (Å²) in [7, 11) is 0. The first-order valence-corrected chi connectivity index (χ1v) is 13.1. The summed E-state index contributed by atoms with van der Waals surface area (Å²) in [5.41, 5.74) is 5.10. The van der Waals surface area contributed by atoms with Crippen LogP contribution in [0.3, 0.4) is 0 Å². The van der Waals surface area contributed by atoms with Crippen molar-refractivity contribution in [2.75, 3.05) is 13.1 Å². The largest absolute Gasteiger partial charge is 0.471 e. The Morgan fingerprint density at radius 3 is 1.95 bits per heavy atom. The van der Waals surface area contributed by atoms with Crippen LogP contribution in [0.5, 0.6) is 0 Å². The Balaban J connectivity index is 0. The minimum Gasteiger partial charge on any atom is -0.381 e. The number of hydrogen-bond donors (Lipinski definition) is 4. The minimum absolute atomic E-state index is 0.143. The molecular formula is C25H47F3N4O5. The fourth-order valence-electron chi connectivity index (χ4n) is 3.15. The molecule has 1 heterocycles. The Morgan fingerprint density at radius 2 is 1.54 bits per heavy atom. The van der Waals surface area contributed by atoms with Crippen molar-refractivity contribution in [3.05, 3.63) is 0 Å². The molecule has 1 saturated heterocycles. The molecule has 0 radical (unpaired) electrons. The first-order valence-electron chi connectivity index (χ1n) is 13.1. The van der Waals surface area contributed by atoms with Gasteiger partial charge in [-0.2, -0.15) is 13.2 Å². The predicted octanol–water partition coefficient (Wildman–Crippen LogP) is 2.89. The van der Waals surface area contributed by atoms with Gasteiger partial charge in [-0.1, -0.05) is 67.7 Å². The molecule has 0 spiro atoms. The molecule has 37 heavy (non-hydrogen) atoms. The van der Waals surface area contributed by atoms with E-state index in [2.05, 4.69) is 39.9 Å². The van der Waals surface area contributed by atoms with E-state index in [-0.39, 0.29) is 18.9 Å². The van der Waals surface area contributed by atoms with Crippen molar-refractivity contribution in [2.45, 2.75) is 111 Å². The lowest BCUT2D eigenvalue weighted by molar-refractivity contribution is -0.174. The summed E-state index contributed by atoms with van der Waals surface area (Å²) in [4.78, 5) is 47.9. The molecule has 2 aliphatic rings. The quantitative estimate of drug-likeness (QED) is 0.375. The van der Waals surface area contributed by atoms with Gasteiger partial charge >= 0.3 is 12.1 Å². The molecule has 2 fully saturated rings. The monoisotopic (exact) mass is 540 g/mol. The zero-order valence-corrected chi connectivity index (χ0v) is 23.3. The van der Waals surface area contributed by atoms with Gasteiger partial charge in [-0.3, -0.25) is 19.2 Å². The van der Waals surface area contributed by atoms with Crippen molar-refractivity contribution < 1.29 is 37.5 Å². The second-order valence-electron chi connectivity index (χ2n) is 9.51. The van der Waals surface area contributed by atoms with E-state index >= 15 is 0 Å². The molecule has 3 atom stereocenters. The Morgan fingerprint density at radius 1 is 1.05 bits per heavy atom. The number of halogens is 3. The number of rotatable bonds is 8. The van der Waals surface area contributed by atoms with E-state index < -0.39 is 54.5 Å². The molecular weight excluding hydrogens is 493 g/mol. The van der Waals surface area contributed by atoms with Crippen LogP contribution in [0.2, 0.25) is 0 Å². The molecule has 5 N–H and O–H groups in total. The number of carbonyl (C=O) groups is 4. The van der Waals surface area contributed by atoms with Crippen LogP contribution < -0.4 is 16.4 Å². The number of aliphatic hydroxyl groups excluding tert-OH is 1. The third-order valence-electron chi connectivity index (χ3n) is 4.82. The van der Waals surface area contributed by atoms with E-state index in [1.807, 2.05) is 13.8 Å². The molecule has 0 aromatic rings. The molecule has 0 aromatic carbocycles. The highest BCUT2D eigenvalue weighted by Gasteiger charge is 2.41. The number of likely N-dealkylation sites (tertiary alicyclic amines) is 1. The minimum atomic E-state index is -5.11. The maximum Gasteiger partial charge on any atom is 0.471 e. The van der Waals surface area contributed by atoms with Crippen LogP contribution in [0.15, 0.2) is 0 Å². The van der Waals surface area contributed by atoms with E-state index in [1.54, 1.807) is 0 Å². The zero-order chi connectivity index (χ0) is 29.3. The first-order chi connectivity index (χ1) is 17.1. The molecule has 3 unspecified atom stereocenters.